The Morgan fingerprint density at radius 1 is 1.21 bits per heavy atom. The standard InChI is InChI=1S/C15H16ClN3/c16-13-5-1-3-11(9-13)14-15(19-8-7-18-14)12-4-2-6-17-10-12/h1,3,5,7-9,12,17H,2,4,6,10H2/t12-/m0/s1. The molecule has 19 heavy (non-hydrogen) atoms. The molecule has 0 spiro atoms. The molecule has 3 rings (SSSR count). The number of benzene rings is 1. The molecular formula is C15H16ClN3. The largest absolute Gasteiger partial charge is 0.316 e. The van der Waals surface area contributed by atoms with Crippen molar-refractivity contribution in [3.8, 4) is 11.3 Å². The van der Waals surface area contributed by atoms with Crippen molar-refractivity contribution in [2.24, 2.45) is 0 Å². The van der Waals surface area contributed by atoms with Gasteiger partial charge in [-0.15, -0.1) is 0 Å². The lowest BCUT2D eigenvalue weighted by Crippen LogP contribution is -2.29. The number of aromatic nitrogens is 2. The van der Waals surface area contributed by atoms with Crippen LogP contribution in [0.25, 0.3) is 11.3 Å². The van der Waals surface area contributed by atoms with Gasteiger partial charge >= 0.3 is 0 Å². The van der Waals surface area contributed by atoms with Crippen molar-refractivity contribution in [2.45, 2.75) is 18.8 Å². The molecule has 0 bridgehead atoms. The van der Waals surface area contributed by atoms with Crippen LogP contribution >= 0.6 is 11.6 Å². The molecule has 1 aliphatic rings. The van der Waals surface area contributed by atoms with Gasteiger partial charge in [0.25, 0.3) is 0 Å². The van der Waals surface area contributed by atoms with Gasteiger partial charge in [0, 0.05) is 35.4 Å². The molecule has 0 saturated carbocycles. The number of hydrogen-bond donors (Lipinski definition) is 1. The van der Waals surface area contributed by atoms with Crippen molar-refractivity contribution in [1.82, 2.24) is 15.3 Å². The molecule has 0 unspecified atom stereocenters. The Morgan fingerprint density at radius 2 is 2.11 bits per heavy atom. The van der Waals surface area contributed by atoms with E-state index in [1.165, 1.54) is 12.8 Å². The van der Waals surface area contributed by atoms with Crippen LogP contribution in [-0.4, -0.2) is 23.1 Å². The van der Waals surface area contributed by atoms with E-state index < -0.39 is 0 Å². The van der Waals surface area contributed by atoms with Gasteiger partial charge in [0.1, 0.15) is 0 Å². The van der Waals surface area contributed by atoms with Crippen LogP contribution < -0.4 is 5.32 Å². The van der Waals surface area contributed by atoms with Gasteiger partial charge in [-0.25, -0.2) is 0 Å². The second kappa shape index (κ2) is 5.68. The summed E-state index contributed by atoms with van der Waals surface area (Å²) < 4.78 is 0. The van der Waals surface area contributed by atoms with Crippen molar-refractivity contribution in [2.75, 3.05) is 13.1 Å². The van der Waals surface area contributed by atoms with Gasteiger partial charge in [-0.2, -0.15) is 0 Å². The molecule has 1 fully saturated rings. The molecule has 1 saturated heterocycles. The predicted molar refractivity (Wildman–Crippen MR) is 77.3 cm³/mol. The first-order valence-electron chi connectivity index (χ1n) is 6.62. The molecule has 2 aromatic rings. The third-order valence-corrected chi connectivity index (χ3v) is 3.74. The highest BCUT2D eigenvalue weighted by atomic mass is 35.5. The zero-order valence-corrected chi connectivity index (χ0v) is 11.4. The van der Waals surface area contributed by atoms with Gasteiger partial charge < -0.3 is 5.32 Å². The average molecular weight is 274 g/mol. The Morgan fingerprint density at radius 3 is 2.89 bits per heavy atom. The fourth-order valence-corrected chi connectivity index (χ4v) is 2.78. The minimum absolute atomic E-state index is 0.441. The zero-order chi connectivity index (χ0) is 13.1. The van der Waals surface area contributed by atoms with Gasteiger partial charge in [0.15, 0.2) is 0 Å². The van der Waals surface area contributed by atoms with E-state index in [2.05, 4.69) is 15.3 Å². The van der Waals surface area contributed by atoms with Crippen LogP contribution in [0.3, 0.4) is 0 Å². The van der Waals surface area contributed by atoms with Gasteiger partial charge in [0.2, 0.25) is 0 Å². The molecule has 1 N–H and O–H groups in total. The lowest BCUT2D eigenvalue weighted by molar-refractivity contribution is 0.454. The summed E-state index contributed by atoms with van der Waals surface area (Å²) in [5.41, 5.74) is 3.08. The number of rotatable bonds is 2. The normalized spacial score (nSPS) is 19.3. The van der Waals surface area contributed by atoms with Gasteiger partial charge in [0.05, 0.1) is 11.4 Å². The molecule has 1 aromatic carbocycles. The zero-order valence-electron chi connectivity index (χ0n) is 10.6. The van der Waals surface area contributed by atoms with Crippen LogP contribution in [0.2, 0.25) is 5.02 Å². The van der Waals surface area contributed by atoms with E-state index in [4.69, 9.17) is 11.6 Å². The van der Waals surface area contributed by atoms with E-state index >= 15 is 0 Å². The van der Waals surface area contributed by atoms with Crippen molar-refractivity contribution >= 4 is 11.6 Å². The second-order valence-corrected chi connectivity index (χ2v) is 5.28. The van der Waals surface area contributed by atoms with Crippen LogP contribution in [0.5, 0.6) is 0 Å². The van der Waals surface area contributed by atoms with E-state index in [0.717, 1.165) is 35.1 Å². The molecular weight excluding hydrogens is 258 g/mol. The molecule has 0 radical (unpaired) electrons. The minimum Gasteiger partial charge on any atom is -0.316 e. The topological polar surface area (TPSA) is 37.8 Å². The highest BCUT2D eigenvalue weighted by Gasteiger charge is 2.20. The third kappa shape index (κ3) is 2.77. The maximum Gasteiger partial charge on any atom is 0.0921 e. The van der Waals surface area contributed by atoms with Crippen LogP contribution in [0.1, 0.15) is 24.5 Å². The summed E-state index contributed by atoms with van der Waals surface area (Å²) in [6.07, 6.45) is 5.88. The maximum atomic E-state index is 6.07. The van der Waals surface area contributed by atoms with Gasteiger partial charge in [-0.05, 0) is 31.5 Å². The third-order valence-electron chi connectivity index (χ3n) is 3.51. The average Bonchev–Trinajstić information content (AvgIpc) is 2.48. The van der Waals surface area contributed by atoms with Crippen LogP contribution in [-0.2, 0) is 0 Å². The number of nitrogens with zero attached hydrogens (tertiary/aromatic N) is 2. The van der Waals surface area contributed by atoms with E-state index in [-0.39, 0.29) is 0 Å². The molecule has 1 atom stereocenters. The Hall–Kier alpha value is -1.45. The number of hydrogen-bond acceptors (Lipinski definition) is 3. The Bertz CT molecular complexity index is 565. The highest BCUT2D eigenvalue weighted by Crippen LogP contribution is 2.30. The molecule has 0 aliphatic carbocycles. The van der Waals surface area contributed by atoms with E-state index in [9.17, 15) is 0 Å². The number of halogens is 1. The molecule has 0 amide bonds. The smallest absolute Gasteiger partial charge is 0.0921 e. The molecule has 1 aromatic heterocycles. The van der Waals surface area contributed by atoms with Crippen LogP contribution in [0.4, 0.5) is 0 Å². The summed E-state index contributed by atoms with van der Waals surface area (Å²) in [5, 5.41) is 4.16. The molecule has 98 valence electrons. The van der Waals surface area contributed by atoms with Gasteiger partial charge in [-0.3, -0.25) is 9.97 Å². The van der Waals surface area contributed by atoms with E-state index in [1.54, 1.807) is 12.4 Å². The van der Waals surface area contributed by atoms with Gasteiger partial charge in [-0.1, -0.05) is 23.7 Å². The fraction of sp³-hybridized carbons (Fsp3) is 0.333. The first-order chi connectivity index (χ1) is 9.34. The summed E-state index contributed by atoms with van der Waals surface area (Å²) in [6, 6.07) is 7.82. The summed E-state index contributed by atoms with van der Waals surface area (Å²) in [4.78, 5) is 9.08. The van der Waals surface area contributed by atoms with Crippen LogP contribution in [0.15, 0.2) is 36.7 Å². The number of nitrogens with one attached hydrogen (secondary N) is 1. The molecule has 3 nitrogen and oxygen atoms in total. The summed E-state index contributed by atoms with van der Waals surface area (Å²) >= 11 is 6.07. The lowest BCUT2D eigenvalue weighted by Gasteiger charge is -2.23. The summed E-state index contributed by atoms with van der Waals surface area (Å²) in [6.45, 7) is 2.08. The van der Waals surface area contributed by atoms with Crippen LogP contribution in [0, 0.1) is 0 Å². The minimum atomic E-state index is 0.441. The summed E-state index contributed by atoms with van der Waals surface area (Å²) in [7, 11) is 0. The molecule has 4 heteroatoms. The first kappa shape index (κ1) is 12.6. The monoisotopic (exact) mass is 273 g/mol. The fourth-order valence-electron chi connectivity index (χ4n) is 2.59. The number of piperidine rings is 1. The van der Waals surface area contributed by atoms with Crippen molar-refractivity contribution in [1.29, 1.82) is 0 Å². The SMILES string of the molecule is Clc1cccc(-c2nccnc2[C@H]2CCCNC2)c1. The molecule has 2 heterocycles. The van der Waals surface area contributed by atoms with Crippen molar-refractivity contribution < 1.29 is 0 Å². The van der Waals surface area contributed by atoms with E-state index in [0.29, 0.717) is 5.92 Å². The lowest BCUT2D eigenvalue weighted by atomic mass is 9.92. The first-order valence-corrected chi connectivity index (χ1v) is 7.00. The van der Waals surface area contributed by atoms with Crippen molar-refractivity contribution in [3.63, 3.8) is 0 Å². The summed E-state index contributed by atoms with van der Waals surface area (Å²) in [5.74, 6) is 0.441. The highest BCUT2D eigenvalue weighted by molar-refractivity contribution is 6.30. The second-order valence-electron chi connectivity index (χ2n) is 4.84. The Balaban J connectivity index is 2.01. The quantitative estimate of drug-likeness (QED) is 0.913. The Kier molecular flexibility index (Phi) is 3.76. The van der Waals surface area contributed by atoms with Crippen molar-refractivity contribution in [3.05, 3.63) is 47.4 Å². The predicted octanol–water partition coefficient (Wildman–Crippen LogP) is 3.26. The maximum absolute atomic E-state index is 6.07. The molecule has 1 aliphatic heterocycles. The van der Waals surface area contributed by atoms with E-state index in [1.807, 2.05) is 24.3 Å². The Labute approximate surface area is 118 Å².